The molecule has 8 nitrogen and oxygen atoms in total. The number of amides is 2. The summed E-state index contributed by atoms with van der Waals surface area (Å²) in [5.74, 6) is 1.11. The minimum absolute atomic E-state index is 0.0511. The lowest BCUT2D eigenvalue weighted by molar-refractivity contribution is 0.190. The molecule has 3 aliphatic heterocycles. The first kappa shape index (κ1) is 25.3. The number of carbonyl (C=O) groups is 1. The third-order valence-corrected chi connectivity index (χ3v) is 8.80. The third kappa shape index (κ3) is 5.56. The van der Waals surface area contributed by atoms with Crippen LogP contribution < -0.4 is 20.7 Å². The highest BCUT2D eigenvalue weighted by Crippen LogP contribution is 2.43. The Morgan fingerprint density at radius 2 is 1.77 bits per heavy atom. The van der Waals surface area contributed by atoms with Gasteiger partial charge in [-0.25, -0.2) is 13.2 Å². The van der Waals surface area contributed by atoms with Gasteiger partial charge in [0, 0.05) is 37.6 Å². The second-order valence-corrected chi connectivity index (χ2v) is 12.2. The number of hydrogen-bond donors (Lipinski definition) is 2. The molecule has 2 amide bonds. The van der Waals surface area contributed by atoms with Crippen LogP contribution in [0, 0.1) is 11.3 Å². The van der Waals surface area contributed by atoms with E-state index in [4.69, 9.17) is 10.5 Å². The Labute approximate surface area is 208 Å². The van der Waals surface area contributed by atoms with Crippen LogP contribution in [-0.2, 0) is 9.84 Å². The lowest BCUT2D eigenvalue weighted by Gasteiger charge is -2.48. The third-order valence-electron chi connectivity index (χ3n) is 7.04. The smallest absolute Gasteiger partial charge is 0.321 e. The van der Waals surface area contributed by atoms with Crippen LogP contribution in [-0.4, -0.2) is 63.9 Å². The normalized spacial score (nSPS) is 21.5. The van der Waals surface area contributed by atoms with Crippen molar-refractivity contribution < 1.29 is 17.9 Å². The Kier molecular flexibility index (Phi) is 7.28. The Bertz CT molecular complexity index is 1130. The zero-order valence-electron chi connectivity index (χ0n) is 20.7. The number of rotatable bonds is 7. The van der Waals surface area contributed by atoms with E-state index in [-0.39, 0.29) is 34.7 Å². The molecule has 2 bridgehead atoms. The van der Waals surface area contributed by atoms with Crippen LogP contribution in [0.1, 0.15) is 27.2 Å². The fourth-order valence-corrected chi connectivity index (χ4v) is 6.50. The maximum absolute atomic E-state index is 13.2. The molecule has 0 radical (unpaired) electrons. The van der Waals surface area contributed by atoms with Gasteiger partial charge in [0.1, 0.15) is 5.75 Å². The average Bonchev–Trinajstić information content (AvgIpc) is 3.07. The molecule has 9 heteroatoms. The molecule has 35 heavy (non-hydrogen) atoms. The SMILES string of the molecule is CCOc1ccc(N2C[C@H]3CN(C(=O)Nc4ccc(S(=O)(=O)CCN)cc4)C[C@@H]2C(C)(C)C3)cc1. The molecule has 0 aromatic heterocycles. The van der Waals surface area contributed by atoms with Gasteiger partial charge in [-0.1, -0.05) is 13.8 Å². The molecule has 0 aliphatic carbocycles. The highest BCUT2D eigenvalue weighted by Gasteiger charge is 2.46. The van der Waals surface area contributed by atoms with E-state index in [0.717, 1.165) is 24.4 Å². The van der Waals surface area contributed by atoms with E-state index in [2.05, 4.69) is 36.2 Å². The van der Waals surface area contributed by atoms with E-state index in [1.54, 1.807) is 12.1 Å². The zero-order valence-corrected chi connectivity index (χ0v) is 21.6. The summed E-state index contributed by atoms with van der Waals surface area (Å²) in [7, 11) is -3.40. The molecule has 0 unspecified atom stereocenters. The van der Waals surface area contributed by atoms with Crippen molar-refractivity contribution in [1.82, 2.24) is 4.90 Å². The van der Waals surface area contributed by atoms with Crippen molar-refractivity contribution in [1.29, 1.82) is 0 Å². The number of nitrogens with two attached hydrogens (primary N) is 1. The largest absolute Gasteiger partial charge is 0.494 e. The van der Waals surface area contributed by atoms with E-state index in [1.165, 1.54) is 12.1 Å². The lowest BCUT2D eigenvalue weighted by Crippen LogP contribution is -2.54. The number of anilines is 2. The summed E-state index contributed by atoms with van der Waals surface area (Å²) in [5.41, 5.74) is 7.17. The quantitative estimate of drug-likeness (QED) is 0.602. The van der Waals surface area contributed by atoms with E-state index in [0.29, 0.717) is 31.3 Å². The Hall–Kier alpha value is -2.78. The zero-order chi connectivity index (χ0) is 25.2. The molecule has 0 spiro atoms. The molecule has 2 aromatic carbocycles. The van der Waals surface area contributed by atoms with Gasteiger partial charge in [0.2, 0.25) is 0 Å². The Balaban J connectivity index is 1.49. The molecule has 3 fully saturated rings. The number of benzene rings is 2. The number of carbonyl (C=O) groups excluding carboxylic acids is 1. The van der Waals surface area contributed by atoms with Crippen molar-refractivity contribution in [2.45, 2.75) is 38.1 Å². The van der Waals surface area contributed by atoms with Gasteiger partial charge >= 0.3 is 6.03 Å². The number of fused-ring (bicyclic) bond motifs is 4. The highest BCUT2D eigenvalue weighted by atomic mass is 32.2. The van der Waals surface area contributed by atoms with E-state index in [9.17, 15) is 13.2 Å². The molecule has 0 saturated carbocycles. The summed E-state index contributed by atoms with van der Waals surface area (Å²) < 4.78 is 30.0. The average molecular weight is 501 g/mol. The molecular formula is C26H36N4O4S. The predicted octanol–water partition coefficient (Wildman–Crippen LogP) is 3.59. The van der Waals surface area contributed by atoms with Crippen molar-refractivity contribution in [2.24, 2.45) is 17.1 Å². The summed E-state index contributed by atoms with van der Waals surface area (Å²) in [4.78, 5) is 17.8. The fourth-order valence-electron chi connectivity index (χ4n) is 5.41. The Morgan fingerprint density at radius 1 is 1.09 bits per heavy atom. The second-order valence-electron chi connectivity index (χ2n) is 10.1. The van der Waals surface area contributed by atoms with Crippen LogP contribution in [0.15, 0.2) is 53.4 Å². The van der Waals surface area contributed by atoms with E-state index in [1.807, 2.05) is 24.0 Å². The minimum atomic E-state index is -3.40. The van der Waals surface area contributed by atoms with Crippen molar-refractivity contribution in [3.63, 3.8) is 0 Å². The minimum Gasteiger partial charge on any atom is -0.494 e. The first-order chi connectivity index (χ1) is 16.6. The molecule has 3 saturated heterocycles. The van der Waals surface area contributed by atoms with Gasteiger partial charge in [-0.3, -0.25) is 0 Å². The predicted molar refractivity (Wildman–Crippen MR) is 139 cm³/mol. The number of hydrogen-bond acceptors (Lipinski definition) is 6. The molecule has 3 heterocycles. The molecule has 5 rings (SSSR count). The summed E-state index contributed by atoms with van der Waals surface area (Å²) in [6.45, 7) is 9.45. The van der Waals surface area contributed by atoms with E-state index < -0.39 is 9.84 Å². The molecule has 2 atom stereocenters. The second kappa shape index (κ2) is 10.1. The standard InChI is InChI=1S/C26H36N4O4S/c1-4-34-22-9-7-21(8-10-22)30-17-19-15-26(2,3)24(30)18-29(16-19)25(31)28-20-5-11-23(12-6-20)35(32,33)14-13-27/h5-12,19,24H,4,13-18,27H2,1-3H3,(H,28,31)/t19-,24-/m1/s1. The first-order valence-electron chi connectivity index (χ1n) is 12.2. The number of nitrogens with zero attached hydrogens (tertiary/aromatic N) is 2. The molecule has 3 N–H and O–H groups in total. The lowest BCUT2D eigenvalue weighted by atomic mass is 9.73. The topological polar surface area (TPSA) is 105 Å². The van der Waals surface area contributed by atoms with Gasteiger partial charge in [0.25, 0.3) is 0 Å². The van der Waals surface area contributed by atoms with Gasteiger partial charge in [-0.15, -0.1) is 0 Å². The summed E-state index contributed by atoms with van der Waals surface area (Å²) >= 11 is 0. The summed E-state index contributed by atoms with van der Waals surface area (Å²) in [5, 5.41) is 2.95. The van der Waals surface area contributed by atoms with Crippen LogP contribution in [0.5, 0.6) is 5.75 Å². The number of sulfone groups is 1. The van der Waals surface area contributed by atoms with Crippen LogP contribution in [0.2, 0.25) is 0 Å². The van der Waals surface area contributed by atoms with Gasteiger partial charge in [-0.05, 0) is 73.2 Å². The van der Waals surface area contributed by atoms with Gasteiger partial charge in [-0.2, -0.15) is 0 Å². The van der Waals surface area contributed by atoms with Crippen molar-refractivity contribution >= 4 is 27.2 Å². The van der Waals surface area contributed by atoms with Crippen LogP contribution in [0.3, 0.4) is 0 Å². The van der Waals surface area contributed by atoms with Gasteiger partial charge in [0.05, 0.1) is 23.3 Å². The number of ether oxygens (including phenoxy) is 1. The number of piperidine rings is 1. The van der Waals surface area contributed by atoms with Gasteiger partial charge in [0.15, 0.2) is 9.84 Å². The molecular weight excluding hydrogens is 464 g/mol. The summed E-state index contributed by atoms with van der Waals surface area (Å²) in [6, 6.07) is 14.5. The molecule has 190 valence electrons. The fraction of sp³-hybridized carbons (Fsp3) is 0.500. The highest BCUT2D eigenvalue weighted by molar-refractivity contribution is 7.91. The Morgan fingerprint density at radius 3 is 2.40 bits per heavy atom. The monoisotopic (exact) mass is 500 g/mol. The van der Waals surface area contributed by atoms with Crippen molar-refractivity contribution in [2.75, 3.05) is 48.8 Å². The van der Waals surface area contributed by atoms with Crippen LogP contribution in [0.25, 0.3) is 0 Å². The maximum Gasteiger partial charge on any atom is 0.321 e. The summed E-state index contributed by atoms with van der Waals surface area (Å²) in [6.07, 6.45) is 1.06. The van der Waals surface area contributed by atoms with Crippen LogP contribution in [0.4, 0.5) is 16.2 Å². The first-order valence-corrected chi connectivity index (χ1v) is 13.9. The van der Waals surface area contributed by atoms with E-state index >= 15 is 0 Å². The van der Waals surface area contributed by atoms with Gasteiger partial charge < -0.3 is 25.6 Å². The number of urea groups is 1. The van der Waals surface area contributed by atoms with Crippen molar-refractivity contribution in [3.05, 3.63) is 48.5 Å². The maximum atomic E-state index is 13.2. The molecule has 2 aromatic rings. The number of nitrogens with one attached hydrogen (secondary N) is 1. The molecule has 3 aliphatic rings. The van der Waals surface area contributed by atoms with Crippen molar-refractivity contribution in [3.8, 4) is 5.75 Å². The van der Waals surface area contributed by atoms with Crippen LogP contribution >= 0.6 is 0 Å².